The molecule has 0 bridgehead atoms. The molecule has 135 heavy (non-hydrogen) atoms. The Balaban J connectivity index is 0.000000108. The fourth-order valence-electron chi connectivity index (χ4n) is 20.7. The highest BCUT2D eigenvalue weighted by molar-refractivity contribution is 7.00. The van der Waals surface area contributed by atoms with Gasteiger partial charge in [-0.05, 0) is 164 Å². The number of rotatable bonds is 12. The highest BCUT2D eigenvalue weighted by Crippen LogP contribution is 2.53. The molecule has 0 saturated heterocycles. The summed E-state index contributed by atoms with van der Waals surface area (Å²) < 4.78 is 42.1. The molecule has 27 rings (SSSR count). The van der Waals surface area contributed by atoms with E-state index in [4.69, 9.17) is 28.4 Å². The summed E-state index contributed by atoms with van der Waals surface area (Å²) in [6.45, 7) is -0.217. The van der Waals surface area contributed by atoms with Crippen LogP contribution in [0.2, 0.25) is 0 Å². The van der Waals surface area contributed by atoms with Crippen LogP contribution >= 0.6 is 0 Å². The largest absolute Gasteiger partial charge is 0.458 e. The Morgan fingerprint density at radius 1 is 0.111 bits per heavy atom. The van der Waals surface area contributed by atoms with E-state index in [-0.39, 0.29) is 20.1 Å². The average Bonchev–Trinajstić information content (AvgIpc) is 0.709. The number of benzene rings is 21. The Kier molecular flexibility index (Phi) is 20.2. The number of ether oxygens (including phenoxy) is 6. The van der Waals surface area contributed by atoms with E-state index < -0.39 is 0 Å². The minimum absolute atomic E-state index is 0.0525. The number of para-hydroxylation sites is 2. The average molecular weight is 1720 g/mol. The van der Waals surface area contributed by atoms with Crippen LogP contribution in [0.3, 0.4) is 0 Å². The Labute approximate surface area is 786 Å². The molecule has 630 valence electrons. The van der Waals surface area contributed by atoms with Crippen molar-refractivity contribution in [3.8, 4) is 203 Å². The SMILES string of the molecule is c1ccc(-c2ccc3c(c2)B2c4cc(-c5ccccc5)ccc4Oc4c(-c5ccccc5)cc(-c5ccccc5)c(c42)O3)cc1.c1ccc(-c2ccc3c(c2)Oc2c(-c4ccccc4)cc(-c4ccccc4)c4c2B3c2ccc(-c3ccccc3)cc2O4)cc1.c1ccc(-c2cccc3c2Oc2c(-c4ccccc4)cc(-c4ccccc4)c4c2B3c2cccc(-c3ccccc3)c2O4)cc1. The van der Waals surface area contributed by atoms with Gasteiger partial charge in [0, 0.05) is 60.9 Å². The van der Waals surface area contributed by atoms with Crippen LogP contribution in [0.1, 0.15) is 0 Å². The first-order valence-corrected chi connectivity index (χ1v) is 46.1. The summed E-state index contributed by atoms with van der Waals surface area (Å²) in [5.74, 6) is 10.4. The first-order chi connectivity index (χ1) is 67.0. The van der Waals surface area contributed by atoms with Gasteiger partial charge in [0.1, 0.15) is 69.0 Å². The number of hydrogen-bond acceptors (Lipinski definition) is 6. The smallest absolute Gasteiger partial charge is 0.260 e. The highest BCUT2D eigenvalue weighted by Gasteiger charge is 2.48. The Bertz CT molecular complexity index is 7640. The van der Waals surface area contributed by atoms with Crippen LogP contribution in [0.4, 0.5) is 0 Å². The van der Waals surface area contributed by atoms with E-state index in [1.165, 1.54) is 11.1 Å². The van der Waals surface area contributed by atoms with Crippen molar-refractivity contribution in [2.24, 2.45) is 0 Å². The molecule has 6 heterocycles. The van der Waals surface area contributed by atoms with Crippen LogP contribution in [-0.2, 0) is 0 Å². The third-order valence-corrected chi connectivity index (χ3v) is 27.0. The second kappa shape index (κ2) is 34.2. The van der Waals surface area contributed by atoms with Gasteiger partial charge in [0.25, 0.3) is 20.1 Å². The van der Waals surface area contributed by atoms with Crippen molar-refractivity contribution in [3.63, 3.8) is 0 Å². The Morgan fingerprint density at radius 3 is 0.585 bits per heavy atom. The molecular formula is C126H81B3O6. The minimum Gasteiger partial charge on any atom is -0.458 e. The summed E-state index contributed by atoms with van der Waals surface area (Å²) in [5, 5.41) is 0. The van der Waals surface area contributed by atoms with Crippen molar-refractivity contribution in [2.45, 2.75) is 0 Å². The zero-order valence-electron chi connectivity index (χ0n) is 73.4. The lowest BCUT2D eigenvalue weighted by Crippen LogP contribution is -2.57. The van der Waals surface area contributed by atoms with Gasteiger partial charge in [-0.25, -0.2) is 0 Å². The quantitative estimate of drug-likeness (QED) is 0.114. The van der Waals surface area contributed by atoms with Crippen molar-refractivity contribution in [1.82, 2.24) is 0 Å². The third-order valence-electron chi connectivity index (χ3n) is 27.0. The van der Waals surface area contributed by atoms with E-state index in [9.17, 15) is 0 Å². The molecule has 0 spiro atoms. The molecule has 6 aliphatic heterocycles. The first kappa shape index (κ1) is 79.8. The van der Waals surface area contributed by atoms with Gasteiger partial charge in [-0.15, -0.1) is 0 Å². The van der Waals surface area contributed by atoms with E-state index in [1.54, 1.807) is 0 Å². The standard InChI is InChI=1S/3C42H27BO2/c1-5-15-28(16-6-1)32-23-13-25-36-39(32)44-41-34(30-19-9-3-10-20-30)27-35(31-21-11-4-12-22-31)42-38(41)43(36)37-26-14-24-33(40(37)45-42)29-17-7-2-8-18-29;1-5-13-28(14-6-1)32-21-23-38-36(25-32)43-37-26-33(29-15-7-2-8-16-29)22-24-39(37)45-42-35(31-19-11-4-12-20-31)27-34(41(44-38)40(42)43)30-17-9-3-10-18-30;1-5-13-28(14-6-1)32-21-23-36-38(25-32)44-41-34(30-17-9-3-10-18-30)27-35(31-19-11-4-12-20-31)42-40(41)43(36)37-24-22-33(26-39(37)45-42)29-15-7-2-8-16-29/h3*1-27H. The second-order valence-electron chi connectivity index (χ2n) is 34.9. The molecule has 21 aromatic rings. The maximum absolute atomic E-state index is 7.14. The van der Waals surface area contributed by atoms with Crippen LogP contribution in [0.15, 0.2) is 491 Å². The van der Waals surface area contributed by atoms with E-state index in [1.807, 2.05) is 0 Å². The lowest BCUT2D eigenvalue weighted by Gasteiger charge is -2.36. The van der Waals surface area contributed by atoms with Gasteiger partial charge in [-0.3, -0.25) is 0 Å². The van der Waals surface area contributed by atoms with E-state index in [2.05, 4.69) is 491 Å². The lowest BCUT2D eigenvalue weighted by molar-refractivity contribution is 0.466. The molecule has 0 saturated carbocycles. The molecule has 6 aliphatic rings. The van der Waals surface area contributed by atoms with Crippen molar-refractivity contribution in [1.29, 1.82) is 0 Å². The highest BCUT2D eigenvalue weighted by atomic mass is 16.5. The monoisotopic (exact) mass is 1720 g/mol. The van der Waals surface area contributed by atoms with Gasteiger partial charge < -0.3 is 28.4 Å². The molecule has 0 fully saturated rings. The molecule has 0 amide bonds. The Hall–Kier alpha value is -17.4. The summed E-state index contributed by atoms with van der Waals surface area (Å²) in [6, 6.07) is 173. The zero-order chi connectivity index (χ0) is 89.2. The first-order valence-electron chi connectivity index (χ1n) is 46.1. The number of fused-ring (bicyclic) bond motifs is 12. The van der Waals surface area contributed by atoms with Crippen LogP contribution in [-0.4, -0.2) is 20.1 Å². The van der Waals surface area contributed by atoms with E-state index >= 15 is 0 Å². The minimum atomic E-state index is -0.0825. The van der Waals surface area contributed by atoms with Gasteiger partial charge in [-0.1, -0.05) is 449 Å². The maximum atomic E-state index is 7.14. The van der Waals surface area contributed by atoms with Crippen molar-refractivity contribution < 1.29 is 28.4 Å². The normalized spacial score (nSPS) is 12.3. The molecule has 0 unspecified atom stereocenters. The predicted octanol–water partition coefficient (Wildman–Crippen LogP) is 27.2. The predicted molar refractivity (Wildman–Crippen MR) is 558 cm³/mol. The molecule has 0 radical (unpaired) electrons. The van der Waals surface area contributed by atoms with Crippen molar-refractivity contribution in [2.75, 3.05) is 0 Å². The number of hydrogen-bond donors (Lipinski definition) is 0. The van der Waals surface area contributed by atoms with Gasteiger partial charge in [-0.2, -0.15) is 0 Å². The van der Waals surface area contributed by atoms with Gasteiger partial charge in [0.2, 0.25) is 0 Å². The molecule has 21 aromatic carbocycles. The van der Waals surface area contributed by atoms with Crippen molar-refractivity contribution >= 4 is 69.3 Å². The fourth-order valence-corrected chi connectivity index (χ4v) is 20.7. The van der Waals surface area contributed by atoms with Crippen LogP contribution in [0.5, 0.6) is 69.0 Å². The van der Waals surface area contributed by atoms with Gasteiger partial charge in [0.05, 0.1) is 0 Å². The van der Waals surface area contributed by atoms with Gasteiger partial charge >= 0.3 is 0 Å². The van der Waals surface area contributed by atoms with E-state index in [0.29, 0.717) is 0 Å². The Morgan fingerprint density at radius 2 is 0.319 bits per heavy atom. The molecule has 0 N–H and O–H groups in total. The molecule has 0 aliphatic carbocycles. The molecule has 6 nitrogen and oxygen atoms in total. The topological polar surface area (TPSA) is 55.4 Å². The summed E-state index contributed by atoms with van der Waals surface area (Å²) >= 11 is 0. The van der Waals surface area contributed by atoms with Crippen LogP contribution in [0, 0.1) is 0 Å². The lowest BCUT2D eigenvalue weighted by atomic mass is 9.34. The molecule has 9 heteroatoms. The third kappa shape index (κ3) is 14.4. The van der Waals surface area contributed by atoms with Gasteiger partial charge in [0.15, 0.2) is 0 Å². The summed E-state index contributed by atoms with van der Waals surface area (Å²) in [5.41, 5.74) is 36.8. The molecule has 0 aromatic heterocycles. The summed E-state index contributed by atoms with van der Waals surface area (Å²) in [4.78, 5) is 0. The van der Waals surface area contributed by atoms with E-state index in [0.717, 1.165) is 241 Å². The van der Waals surface area contributed by atoms with Crippen LogP contribution in [0.25, 0.3) is 134 Å². The summed E-state index contributed by atoms with van der Waals surface area (Å²) in [6.07, 6.45) is 0. The van der Waals surface area contributed by atoms with Crippen molar-refractivity contribution in [3.05, 3.63) is 491 Å². The summed E-state index contributed by atoms with van der Waals surface area (Å²) in [7, 11) is 0. The molecule has 0 atom stereocenters. The molecular weight excluding hydrogens is 1640 g/mol. The van der Waals surface area contributed by atoms with Crippen LogP contribution < -0.4 is 77.6 Å². The second-order valence-corrected chi connectivity index (χ2v) is 34.9. The maximum Gasteiger partial charge on any atom is 0.260 e. The fraction of sp³-hybridized carbons (Fsp3) is 0. The zero-order valence-corrected chi connectivity index (χ0v) is 73.4.